The summed E-state index contributed by atoms with van der Waals surface area (Å²) in [6, 6.07) is 10.4. The maximum absolute atomic E-state index is 5.79. The lowest BCUT2D eigenvalue weighted by atomic mass is 9.87. The molecule has 1 heterocycles. The predicted octanol–water partition coefficient (Wildman–Crippen LogP) is 5.80. The van der Waals surface area contributed by atoms with Gasteiger partial charge in [-0.3, -0.25) is 0 Å². The van der Waals surface area contributed by atoms with Crippen LogP contribution in [0.25, 0.3) is 6.08 Å². The van der Waals surface area contributed by atoms with E-state index in [1.807, 2.05) is 13.0 Å². The summed E-state index contributed by atoms with van der Waals surface area (Å²) in [7, 11) is 1.66. The van der Waals surface area contributed by atoms with E-state index in [9.17, 15) is 0 Å². The number of allylic oxidation sites excluding steroid dienone is 3. The molecule has 156 valence electrons. The summed E-state index contributed by atoms with van der Waals surface area (Å²) in [5.41, 5.74) is 0.901. The van der Waals surface area contributed by atoms with Gasteiger partial charge in [0.15, 0.2) is 0 Å². The lowest BCUT2D eigenvalue weighted by Crippen LogP contribution is -2.32. The van der Waals surface area contributed by atoms with Gasteiger partial charge in [-0.25, -0.2) is 9.78 Å². The van der Waals surface area contributed by atoms with Gasteiger partial charge in [0, 0.05) is 13.5 Å². The Labute approximate surface area is 170 Å². The third-order valence-electron chi connectivity index (χ3n) is 4.95. The van der Waals surface area contributed by atoms with Gasteiger partial charge >= 0.3 is 0 Å². The van der Waals surface area contributed by atoms with Crippen molar-refractivity contribution in [1.29, 1.82) is 0 Å². The molecule has 0 aliphatic carbocycles. The highest BCUT2D eigenvalue weighted by atomic mass is 17.2. The topological polar surface area (TPSA) is 36.9 Å². The van der Waals surface area contributed by atoms with Crippen LogP contribution in [0.5, 0.6) is 0 Å². The number of benzene rings is 1. The fraction of sp³-hybridized carbons (Fsp3) is 0.583. The standard InChI is InChI=1S/C24H36O4/c1-20(14-15-22-12-7-6-8-13-22)10-9-11-21(2)18-23(3)19-24(4,28-27-23)26-17-16-25-5/h6-9,11-15,20-21H,10,16-19H2,1-5H3/b11-9+,15-14+/t20-,21-,23-,24+/m0/s1. The summed E-state index contributed by atoms with van der Waals surface area (Å²) in [6.07, 6.45) is 11.6. The van der Waals surface area contributed by atoms with Gasteiger partial charge in [0.2, 0.25) is 5.79 Å². The van der Waals surface area contributed by atoms with Crippen LogP contribution in [0.3, 0.4) is 0 Å². The van der Waals surface area contributed by atoms with Crippen LogP contribution in [0.15, 0.2) is 48.6 Å². The number of hydrogen-bond acceptors (Lipinski definition) is 4. The Bertz CT molecular complexity index is 627. The SMILES string of the molecule is COCCO[C@@]1(C)C[C@](C)(C[C@@H](C)/C=C/C[C@H](C)/C=C/c2ccccc2)OO1. The number of hydrogen-bond donors (Lipinski definition) is 0. The first kappa shape index (κ1) is 22.8. The molecule has 0 bridgehead atoms. The van der Waals surface area contributed by atoms with E-state index in [2.05, 4.69) is 69.3 Å². The fourth-order valence-corrected chi connectivity index (χ4v) is 3.64. The van der Waals surface area contributed by atoms with Crippen LogP contribution in [-0.2, 0) is 19.2 Å². The summed E-state index contributed by atoms with van der Waals surface area (Å²) in [5.74, 6) is 0.205. The van der Waals surface area contributed by atoms with Crippen LogP contribution in [-0.4, -0.2) is 31.7 Å². The maximum Gasteiger partial charge on any atom is 0.201 e. The van der Waals surface area contributed by atoms with E-state index in [-0.39, 0.29) is 5.60 Å². The van der Waals surface area contributed by atoms with Crippen LogP contribution >= 0.6 is 0 Å². The van der Waals surface area contributed by atoms with Crippen molar-refractivity contribution in [1.82, 2.24) is 0 Å². The second kappa shape index (κ2) is 10.9. The minimum atomic E-state index is -0.701. The predicted molar refractivity (Wildman–Crippen MR) is 114 cm³/mol. The zero-order valence-corrected chi connectivity index (χ0v) is 18.0. The molecule has 0 N–H and O–H groups in total. The molecule has 0 unspecified atom stereocenters. The lowest BCUT2D eigenvalue weighted by molar-refractivity contribution is -0.397. The first-order chi connectivity index (χ1) is 13.3. The van der Waals surface area contributed by atoms with E-state index in [0.29, 0.717) is 31.5 Å². The Morgan fingerprint density at radius 2 is 1.79 bits per heavy atom. The molecule has 1 aromatic carbocycles. The van der Waals surface area contributed by atoms with Gasteiger partial charge in [-0.1, -0.05) is 68.5 Å². The average Bonchev–Trinajstić information content (AvgIpc) is 2.96. The zero-order valence-electron chi connectivity index (χ0n) is 18.0. The molecule has 1 aromatic rings. The fourth-order valence-electron chi connectivity index (χ4n) is 3.64. The van der Waals surface area contributed by atoms with Crippen LogP contribution in [0, 0.1) is 11.8 Å². The van der Waals surface area contributed by atoms with E-state index in [0.717, 1.165) is 12.8 Å². The first-order valence-corrected chi connectivity index (χ1v) is 10.2. The van der Waals surface area contributed by atoms with Gasteiger partial charge in [0.25, 0.3) is 0 Å². The van der Waals surface area contributed by atoms with Crippen molar-refractivity contribution in [3.63, 3.8) is 0 Å². The van der Waals surface area contributed by atoms with Gasteiger partial charge in [0.1, 0.15) is 5.60 Å². The third-order valence-corrected chi connectivity index (χ3v) is 4.95. The van der Waals surface area contributed by atoms with Gasteiger partial charge in [-0.2, -0.15) is 0 Å². The molecular formula is C24H36O4. The van der Waals surface area contributed by atoms with Crippen LogP contribution in [0.2, 0.25) is 0 Å². The Kier molecular flexibility index (Phi) is 8.90. The lowest BCUT2D eigenvalue weighted by Gasteiger charge is -2.24. The normalized spacial score (nSPS) is 27.6. The first-order valence-electron chi connectivity index (χ1n) is 10.2. The molecule has 1 aliphatic heterocycles. The smallest absolute Gasteiger partial charge is 0.201 e. The molecule has 4 heteroatoms. The van der Waals surface area contributed by atoms with Crippen molar-refractivity contribution in [3.05, 3.63) is 54.1 Å². The molecule has 0 saturated carbocycles. The molecule has 2 rings (SSSR count). The van der Waals surface area contributed by atoms with E-state index < -0.39 is 5.79 Å². The largest absolute Gasteiger partial charge is 0.382 e. The van der Waals surface area contributed by atoms with Crippen LogP contribution < -0.4 is 0 Å². The van der Waals surface area contributed by atoms with E-state index in [4.69, 9.17) is 19.2 Å². The highest BCUT2D eigenvalue weighted by Gasteiger charge is 2.47. The number of methoxy groups -OCH3 is 1. The molecule has 4 nitrogen and oxygen atoms in total. The van der Waals surface area contributed by atoms with Crippen molar-refractivity contribution in [2.75, 3.05) is 20.3 Å². The van der Waals surface area contributed by atoms with Crippen molar-refractivity contribution < 1.29 is 19.2 Å². The molecule has 1 aliphatic rings. The minimum Gasteiger partial charge on any atom is -0.382 e. The Morgan fingerprint density at radius 1 is 1.04 bits per heavy atom. The van der Waals surface area contributed by atoms with Crippen LogP contribution in [0.1, 0.15) is 52.5 Å². The minimum absolute atomic E-state index is 0.343. The van der Waals surface area contributed by atoms with Gasteiger partial charge in [0.05, 0.1) is 13.2 Å². The summed E-state index contributed by atoms with van der Waals surface area (Å²) in [6.45, 7) is 9.52. The summed E-state index contributed by atoms with van der Waals surface area (Å²) in [4.78, 5) is 11.2. The molecule has 4 atom stereocenters. The monoisotopic (exact) mass is 388 g/mol. The highest BCUT2D eigenvalue weighted by molar-refractivity contribution is 5.48. The van der Waals surface area contributed by atoms with Crippen molar-refractivity contribution in [2.24, 2.45) is 11.8 Å². The van der Waals surface area contributed by atoms with Crippen molar-refractivity contribution >= 4 is 6.08 Å². The van der Waals surface area contributed by atoms with E-state index in [1.165, 1.54) is 5.56 Å². The van der Waals surface area contributed by atoms with Crippen LogP contribution in [0.4, 0.5) is 0 Å². The quantitative estimate of drug-likeness (QED) is 0.273. The second-order valence-electron chi connectivity index (χ2n) is 8.36. The zero-order chi connectivity index (χ0) is 20.5. The van der Waals surface area contributed by atoms with Crippen molar-refractivity contribution in [2.45, 2.75) is 58.3 Å². The summed E-state index contributed by atoms with van der Waals surface area (Å²) in [5, 5.41) is 0. The molecule has 0 radical (unpaired) electrons. The number of ether oxygens (including phenoxy) is 2. The van der Waals surface area contributed by atoms with Crippen molar-refractivity contribution in [3.8, 4) is 0 Å². The Hall–Kier alpha value is -1.46. The summed E-state index contributed by atoms with van der Waals surface area (Å²) < 4.78 is 10.8. The van der Waals surface area contributed by atoms with Gasteiger partial charge in [-0.15, -0.1) is 0 Å². The van der Waals surface area contributed by atoms with E-state index in [1.54, 1.807) is 7.11 Å². The third kappa shape index (κ3) is 7.88. The molecular weight excluding hydrogens is 352 g/mol. The average molecular weight is 389 g/mol. The Morgan fingerprint density at radius 3 is 2.50 bits per heavy atom. The molecule has 1 fully saturated rings. The second-order valence-corrected chi connectivity index (χ2v) is 8.36. The number of rotatable bonds is 11. The highest BCUT2D eigenvalue weighted by Crippen LogP contribution is 2.40. The molecule has 28 heavy (non-hydrogen) atoms. The Balaban J connectivity index is 1.75. The molecule has 0 aromatic heterocycles. The maximum atomic E-state index is 5.79. The molecule has 0 amide bonds. The van der Waals surface area contributed by atoms with Gasteiger partial charge in [-0.05, 0) is 44.1 Å². The molecule has 0 spiro atoms. The molecule has 1 saturated heterocycles. The van der Waals surface area contributed by atoms with Gasteiger partial charge < -0.3 is 9.47 Å². The van der Waals surface area contributed by atoms with E-state index >= 15 is 0 Å². The summed E-state index contributed by atoms with van der Waals surface area (Å²) >= 11 is 0.